The van der Waals surface area contributed by atoms with Crippen LogP contribution in [0.25, 0.3) is 5.78 Å². The lowest BCUT2D eigenvalue weighted by Crippen LogP contribution is -2.35. The number of aromatic nitrogens is 4. The van der Waals surface area contributed by atoms with Crippen LogP contribution in [-0.2, 0) is 0 Å². The second kappa shape index (κ2) is 6.76. The summed E-state index contributed by atoms with van der Waals surface area (Å²) in [5, 5.41) is 7.14. The predicted molar refractivity (Wildman–Crippen MR) is 90.7 cm³/mol. The van der Waals surface area contributed by atoms with E-state index in [1.807, 2.05) is 57.4 Å². The fourth-order valence-corrected chi connectivity index (χ4v) is 2.54. The standard InChI is InChI=1S/C17H20N6O/c1-12-9-10-18-17-20-15(21-23(12)17)16(24)19-11-14(22(2)3)13-7-5-4-6-8-13/h4-10,14H,11H2,1-3H3,(H,19,24). The van der Waals surface area contributed by atoms with Gasteiger partial charge in [-0.2, -0.15) is 4.98 Å². The van der Waals surface area contributed by atoms with Gasteiger partial charge in [-0.15, -0.1) is 5.10 Å². The Morgan fingerprint density at radius 1 is 1.25 bits per heavy atom. The molecule has 2 heterocycles. The van der Waals surface area contributed by atoms with Gasteiger partial charge in [-0.25, -0.2) is 9.50 Å². The Labute approximate surface area is 140 Å². The molecule has 2 aromatic heterocycles. The molecule has 1 unspecified atom stereocenters. The Bertz CT molecular complexity index is 843. The number of benzene rings is 1. The van der Waals surface area contributed by atoms with E-state index in [0.717, 1.165) is 11.3 Å². The molecule has 3 rings (SSSR count). The molecule has 24 heavy (non-hydrogen) atoms. The second-order valence-corrected chi connectivity index (χ2v) is 5.83. The molecule has 1 aromatic carbocycles. The van der Waals surface area contributed by atoms with Crippen molar-refractivity contribution in [1.29, 1.82) is 0 Å². The minimum Gasteiger partial charge on any atom is -0.347 e. The molecule has 7 nitrogen and oxygen atoms in total. The van der Waals surface area contributed by atoms with Crippen molar-refractivity contribution in [3.63, 3.8) is 0 Å². The van der Waals surface area contributed by atoms with Crippen LogP contribution in [0.2, 0.25) is 0 Å². The average Bonchev–Trinajstić information content (AvgIpc) is 3.01. The van der Waals surface area contributed by atoms with Crippen LogP contribution in [0.4, 0.5) is 0 Å². The highest BCUT2D eigenvalue weighted by atomic mass is 16.2. The average molecular weight is 324 g/mol. The third kappa shape index (κ3) is 3.26. The van der Waals surface area contributed by atoms with Crippen molar-refractivity contribution in [2.45, 2.75) is 13.0 Å². The van der Waals surface area contributed by atoms with Gasteiger partial charge in [-0.1, -0.05) is 30.3 Å². The zero-order chi connectivity index (χ0) is 17.1. The van der Waals surface area contributed by atoms with Gasteiger partial charge in [0.1, 0.15) is 0 Å². The van der Waals surface area contributed by atoms with Crippen LogP contribution < -0.4 is 5.32 Å². The lowest BCUT2D eigenvalue weighted by Gasteiger charge is -2.24. The number of hydrogen-bond acceptors (Lipinski definition) is 5. The smallest absolute Gasteiger partial charge is 0.291 e. The van der Waals surface area contributed by atoms with E-state index in [1.54, 1.807) is 10.7 Å². The number of amides is 1. The van der Waals surface area contributed by atoms with Crippen molar-refractivity contribution in [3.05, 3.63) is 59.7 Å². The van der Waals surface area contributed by atoms with E-state index in [-0.39, 0.29) is 17.8 Å². The van der Waals surface area contributed by atoms with Crippen LogP contribution in [-0.4, -0.2) is 51.0 Å². The van der Waals surface area contributed by atoms with E-state index in [9.17, 15) is 4.79 Å². The van der Waals surface area contributed by atoms with Gasteiger partial charge in [0.2, 0.25) is 5.82 Å². The van der Waals surface area contributed by atoms with Crippen molar-refractivity contribution in [1.82, 2.24) is 29.8 Å². The number of rotatable bonds is 5. The molecule has 3 aromatic rings. The maximum atomic E-state index is 12.4. The fraction of sp³-hybridized carbons (Fsp3) is 0.294. The Kier molecular flexibility index (Phi) is 4.52. The molecule has 1 amide bonds. The van der Waals surface area contributed by atoms with Crippen molar-refractivity contribution < 1.29 is 4.79 Å². The van der Waals surface area contributed by atoms with Crippen molar-refractivity contribution in [2.75, 3.05) is 20.6 Å². The molecule has 0 spiro atoms. The Balaban J connectivity index is 1.74. The summed E-state index contributed by atoms with van der Waals surface area (Å²) >= 11 is 0. The number of carbonyl (C=O) groups is 1. The lowest BCUT2D eigenvalue weighted by atomic mass is 10.1. The molecule has 7 heteroatoms. The summed E-state index contributed by atoms with van der Waals surface area (Å²) in [5.41, 5.74) is 2.02. The summed E-state index contributed by atoms with van der Waals surface area (Å²) < 4.78 is 1.57. The Morgan fingerprint density at radius 2 is 2.00 bits per heavy atom. The molecule has 0 radical (unpaired) electrons. The molecule has 0 saturated carbocycles. The predicted octanol–water partition coefficient (Wildman–Crippen LogP) is 1.47. The topological polar surface area (TPSA) is 75.4 Å². The highest BCUT2D eigenvalue weighted by Crippen LogP contribution is 2.16. The van der Waals surface area contributed by atoms with Gasteiger partial charge >= 0.3 is 0 Å². The number of nitrogens with one attached hydrogen (secondary N) is 1. The summed E-state index contributed by atoms with van der Waals surface area (Å²) in [4.78, 5) is 22.8. The highest BCUT2D eigenvalue weighted by molar-refractivity contribution is 5.90. The third-order valence-electron chi connectivity index (χ3n) is 3.90. The fourth-order valence-electron chi connectivity index (χ4n) is 2.54. The zero-order valence-electron chi connectivity index (χ0n) is 14.0. The maximum Gasteiger partial charge on any atom is 0.291 e. The van der Waals surface area contributed by atoms with Crippen molar-refractivity contribution in [2.24, 2.45) is 0 Å². The second-order valence-electron chi connectivity index (χ2n) is 5.83. The van der Waals surface area contributed by atoms with Gasteiger partial charge in [0.25, 0.3) is 11.7 Å². The number of fused-ring (bicyclic) bond motifs is 1. The van der Waals surface area contributed by atoms with E-state index in [1.165, 1.54) is 0 Å². The van der Waals surface area contributed by atoms with E-state index in [0.29, 0.717) is 12.3 Å². The molecule has 0 aliphatic heterocycles. The molecule has 0 bridgehead atoms. The molecular formula is C17H20N6O. The van der Waals surface area contributed by atoms with Gasteiger partial charge in [0.15, 0.2) is 0 Å². The maximum absolute atomic E-state index is 12.4. The van der Waals surface area contributed by atoms with Crippen LogP contribution in [0.3, 0.4) is 0 Å². The Morgan fingerprint density at radius 3 is 2.67 bits per heavy atom. The van der Waals surface area contributed by atoms with Crippen molar-refractivity contribution >= 4 is 11.7 Å². The number of nitrogens with zero attached hydrogens (tertiary/aromatic N) is 5. The first kappa shape index (κ1) is 16.1. The third-order valence-corrected chi connectivity index (χ3v) is 3.90. The first-order valence-corrected chi connectivity index (χ1v) is 7.74. The van der Waals surface area contributed by atoms with Crippen LogP contribution in [0.1, 0.15) is 27.9 Å². The molecule has 0 aliphatic carbocycles. The number of hydrogen-bond donors (Lipinski definition) is 1. The lowest BCUT2D eigenvalue weighted by molar-refractivity contribution is 0.0931. The SMILES string of the molecule is Cc1ccnc2nc(C(=O)NCC(c3ccccc3)N(C)C)nn12. The number of aryl methyl sites for hydroxylation is 1. The van der Waals surface area contributed by atoms with Crippen LogP contribution >= 0.6 is 0 Å². The molecule has 1 atom stereocenters. The molecule has 0 fully saturated rings. The van der Waals surface area contributed by atoms with E-state index in [4.69, 9.17) is 0 Å². The van der Waals surface area contributed by atoms with Gasteiger partial charge < -0.3 is 10.2 Å². The minimum atomic E-state index is -0.303. The highest BCUT2D eigenvalue weighted by Gasteiger charge is 2.18. The first-order chi connectivity index (χ1) is 11.6. The summed E-state index contributed by atoms with van der Waals surface area (Å²) in [6.07, 6.45) is 1.65. The minimum absolute atomic E-state index is 0.0760. The Hall–Kier alpha value is -2.80. The quantitative estimate of drug-likeness (QED) is 0.769. The van der Waals surface area contributed by atoms with Crippen LogP contribution in [0.15, 0.2) is 42.6 Å². The molecular weight excluding hydrogens is 304 g/mol. The molecule has 0 aliphatic rings. The summed E-state index contributed by atoms with van der Waals surface area (Å²) in [5.74, 6) is 0.248. The number of likely N-dealkylation sites (N-methyl/N-ethyl adjacent to an activating group) is 1. The molecule has 1 N–H and O–H groups in total. The van der Waals surface area contributed by atoms with E-state index < -0.39 is 0 Å². The van der Waals surface area contributed by atoms with Gasteiger partial charge in [0.05, 0.1) is 6.04 Å². The summed E-state index contributed by atoms with van der Waals surface area (Å²) in [6, 6.07) is 12.0. The van der Waals surface area contributed by atoms with Gasteiger partial charge in [0, 0.05) is 18.4 Å². The summed E-state index contributed by atoms with van der Waals surface area (Å²) in [6.45, 7) is 2.36. The van der Waals surface area contributed by atoms with Gasteiger partial charge in [-0.05, 0) is 32.6 Å². The monoisotopic (exact) mass is 324 g/mol. The normalized spacial score (nSPS) is 12.5. The zero-order valence-corrected chi connectivity index (χ0v) is 14.0. The van der Waals surface area contributed by atoms with E-state index in [2.05, 4.69) is 25.3 Å². The molecule has 0 saturated heterocycles. The molecule has 124 valence electrons. The van der Waals surface area contributed by atoms with Crippen LogP contribution in [0.5, 0.6) is 0 Å². The van der Waals surface area contributed by atoms with Crippen LogP contribution in [0, 0.1) is 6.92 Å². The summed E-state index contributed by atoms with van der Waals surface area (Å²) in [7, 11) is 3.97. The van der Waals surface area contributed by atoms with Gasteiger partial charge in [-0.3, -0.25) is 4.79 Å². The van der Waals surface area contributed by atoms with Crippen molar-refractivity contribution in [3.8, 4) is 0 Å². The van der Waals surface area contributed by atoms with E-state index >= 15 is 0 Å². The number of carbonyl (C=O) groups excluding carboxylic acids is 1. The first-order valence-electron chi connectivity index (χ1n) is 7.74. The largest absolute Gasteiger partial charge is 0.347 e.